The number of hydrogen-bond acceptors (Lipinski definition) is 2. The number of nitrogens with zero attached hydrogens (tertiary/aromatic N) is 1. The molecule has 0 spiro atoms. The van der Waals surface area contributed by atoms with Crippen LogP contribution in [0, 0.1) is 11.3 Å². The Morgan fingerprint density at radius 3 is 2.67 bits per heavy atom. The number of carbonyl (C=O) groups excluding carboxylic acids is 1. The Balaban J connectivity index is 2.22. The normalized spacial score (nSPS) is 32.6. The number of fused-ring (bicyclic) bond motifs is 3. The van der Waals surface area contributed by atoms with E-state index in [4.69, 9.17) is 0 Å². The standard InChI is InChI=1S/C19H27NO/c1-14(2)17(21)19-11-12-20(4)13-18(19,3)10-9-15-7-5-6-8-16(15)19/h5-8,14H,9-13H2,1-4H3/t18-,19-/m0/s1. The van der Waals surface area contributed by atoms with Gasteiger partial charge >= 0.3 is 0 Å². The van der Waals surface area contributed by atoms with E-state index < -0.39 is 0 Å². The number of carbonyl (C=O) groups is 1. The minimum Gasteiger partial charge on any atom is -0.306 e. The van der Waals surface area contributed by atoms with Crippen LogP contribution in [0.3, 0.4) is 0 Å². The Hall–Kier alpha value is -1.15. The highest BCUT2D eigenvalue weighted by Crippen LogP contribution is 2.55. The molecule has 0 saturated carbocycles. The third-order valence-corrected chi connectivity index (χ3v) is 5.89. The van der Waals surface area contributed by atoms with E-state index in [9.17, 15) is 4.79 Å². The lowest BCUT2D eigenvalue weighted by Gasteiger charge is -2.57. The van der Waals surface area contributed by atoms with Crippen LogP contribution in [0.15, 0.2) is 24.3 Å². The summed E-state index contributed by atoms with van der Waals surface area (Å²) in [6.45, 7) is 8.52. The zero-order valence-corrected chi connectivity index (χ0v) is 13.8. The number of piperidine rings is 1. The number of rotatable bonds is 2. The lowest BCUT2D eigenvalue weighted by atomic mass is 9.49. The second kappa shape index (κ2) is 4.95. The maximum absolute atomic E-state index is 13.3. The number of benzene rings is 1. The topological polar surface area (TPSA) is 20.3 Å². The van der Waals surface area contributed by atoms with Crippen molar-refractivity contribution in [2.24, 2.45) is 11.3 Å². The van der Waals surface area contributed by atoms with Crippen molar-refractivity contribution in [1.82, 2.24) is 4.90 Å². The van der Waals surface area contributed by atoms with Crippen molar-refractivity contribution < 1.29 is 4.79 Å². The maximum Gasteiger partial charge on any atom is 0.146 e. The zero-order valence-electron chi connectivity index (χ0n) is 13.8. The van der Waals surface area contributed by atoms with Crippen LogP contribution in [0.1, 0.15) is 44.7 Å². The fraction of sp³-hybridized carbons (Fsp3) is 0.632. The van der Waals surface area contributed by atoms with Gasteiger partial charge in [0, 0.05) is 12.5 Å². The molecule has 2 nitrogen and oxygen atoms in total. The lowest BCUT2D eigenvalue weighted by molar-refractivity contribution is -0.138. The molecule has 0 unspecified atom stereocenters. The largest absolute Gasteiger partial charge is 0.306 e. The van der Waals surface area contributed by atoms with Crippen LogP contribution in [0.2, 0.25) is 0 Å². The van der Waals surface area contributed by atoms with Gasteiger partial charge in [0.2, 0.25) is 0 Å². The molecular formula is C19H27NO. The molecule has 1 saturated heterocycles. The van der Waals surface area contributed by atoms with Gasteiger partial charge in [-0.2, -0.15) is 0 Å². The Kier molecular flexibility index (Phi) is 3.48. The molecule has 1 fully saturated rings. The van der Waals surface area contributed by atoms with Crippen LogP contribution in [-0.2, 0) is 16.6 Å². The van der Waals surface area contributed by atoms with Crippen LogP contribution in [0.25, 0.3) is 0 Å². The molecule has 0 radical (unpaired) electrons. The predicted molar refractivity (Wildman–Crippen MR) is 86.5 cm³/mol. The summed E-state index contributed by atoms with van der Waals surface area (Å²) in [4.78, 5) is 15.7. The summed E-state index contributed by atoms with van der Waals surface area (Å²) in [5.41, 5.74) is 2.51. The van der Waals surface area contributed by atoms with Gasteiger partial charge in [-0.3, -0.25) is 4.79 Å². The number of Topliss-reactive ketones (excluding diaryl/α,β-unsaturated/α-hetero) is 1. The number of ketones is 1. The molecule has 21 heavy (non-hydrogen) atoms. The average molecular weight is 285 g/mol. The molecule has 1 aromatic carbocycles. The van der Waals surface area contributed by atoms with Gasteiger partial charge in [0.1, 0.15) is 5.78 Å². The van der Waals surface area contributed by atoms with E-state index in [0.717, 1.165) is 32.4 Å². The quantitative estimate of drug-likeness (QED) is 0.829. The van der Waals surface area contributed by atoms with Crippen LogP contribution < -0.4 is 0 Å². The molecule has 0 N–H and O–H groups in total. The molecule has 2 heteroatoms. The molecule has 0 bridgehead atoms. The Morgan fingerprint density at radius 2 is 1.95 bits per heavy atom. The van der Waals surface area contributed by atoms with Crippen molar-refractivity contribution in [3.8, 4) is 0 Å². The molecule has 2 aliphatic rings. The molecule has 2 atom stereocenters. The fourth-order valence-electron chi connectivity index (χ4n) is 4.83. The first-order chi connectivity index (χ1) is 9.91. The van der Waals surface area contributed by atoms with Gasteiger partial charge in [-0.05, 0) is 49.4 Å². The van der Waals surface area contributed by atoms with E-state index in [0.29, 0.717) is 5.78 Å². The molecule has 1 aliphatic carbocycles. The summed E-state index contributed by atoms with van der Waals surface area (Å²) in [6.07, 6.45) is 3.19. The molecule has 0 aromatic heterocycles. The number of hydrogen-bond donors (Lipinski definition) is 0. The van der Waals surface area contributed by atoms with Crippen molar-refractivity contribution in [2.75, 3.05) is 20.1 Å². The monoisotopic (exact) mass is 285 g/mol. The first-order valence-electron chi connectivity index (χ1n) is 8.22. The molecule has 1 heterocycles. The summed E-state index contributed by atoms with van der Waals surface area (Å²) in [5, 5.41) is 0. The van der Waals surface area contributed by atoms with Crippen LogP contribution in [0.5, 0.6) is 0 Å². The van der Waals surface area contributed by atoms with Gasteiger partial charge < -0.3 is 4.90 Å². The third-order valence-electron chi connectivity index (χ3n) is 5.89. The zero-order chi connectivity index (χ0) is 15.3. The Morgan fingerprint density at radius 1 is 1.24 bits per heavy atom. The third kappa shape index (κ3) is 1.99. The highest BCUT2D eigenvalue weighted by molar-refractivity contribution is 5.93. The number of aryl methyl sites for hydroxylation is 1. The van der Waals surface area contributed by atoms with Crippen LogP contribution >= 0.6 is 0 Å². The smallest absolute Gasteiger partial charge is 0.146 e. The van der Waals surface area contributed by atoms with Gasteiger partial charge in [0.05, 0.1) is 5.41 Å². The van der Waals surface area contributed by atoms with Crippen molar-refractivity contribution in [3.05, 3.63) is 35.4 Å². The van der Waals surface area contributed by atoms with Crippen LogP contribution in [0.4, 0.5) is 0 Å². The summed E-state index contributed by atoms with van der Waals surface area (Å²) < 4.78 is 0. The van der Waals surface area contributed by atoms with Crippen molar-refractivity contribution in [2.45, 2.75) is 45.4 Å². The van der Waals surface area contributed by atoms with E-state index in [-0.39, 0.29) is 16.7 Å². The predicted octanol–water partition coefficient (Wildman–Crippen LogP) is 3.44. The van der Waals surface area contributed by atoms with E-state index in [1.165, 1.54) is 11.1 Å². The van der Waals surface area contributed by atoms with Gasteiger partial charge in [0.25, 0.3) is 0 Å². The molecule has 1 aromatic rings. The molecule has 0 amide bonds. The summed E-state index contributed by atoms with van der Waals surface area (Å²) in [7, 11) is 2.19. The Labute approximate surface area is 128 Å². The van der Waals surface area contributed by atoms with Crippen molar-refractivity contribution >= 4 is 5.78 Å². The van der Waals surface area contributed by atoms with Gasteiger partial charge in [0.15, 0.2) is 0 Å². The van der Waals surface area contributed by atoms with Crippen molar-refractivity contribution in [1.29, 1.82) is 0 Å². The highest BCUT2D eigenvalue weighted by atomic mass is 16.1. The minimum absolute atomic E-state index is 0.0652. The maximum atomic E-state index is 13.3. The van der Waals surface area contributed by atoms with Crippen molar-refractivity contribution in [3.63, 3.8) is 0 Å². The minimum atomic E-state index is -0.275. The summed E-state index contributed by atoms with van der Waals surface area (Å²) in [6, 6.07) is 8.67. The fourth-order valence-corrected chi connectivity index (χ4v) is 4.83. The van der Waals surface area contributed by atoms with E-state index in [1.54, 1.807) is 0 Å². The average Bonchev–Trinajstić information content (AvgIpc) is 2.45. The van der Waals surface area contributed by atoms with E-state index >= 15 is 0 Å². The van der Waals surface area contributed by atoms with E-state index in [2.05, 4.69) is 57.0 Å². The van der Waals surface area contributed by atoms with Gasteiger partial charge in [-0.1, -0.05) is 45.0 Å². The second-order valence-corrected chi connectivity index (χ2v) is 7.63. The molecule has 114 valence electrons. The molecular weight excluding hydrogens is 258 g/mol. The van der Waals surface area contributed by atoms with Gasteiger partial charge in [-0.15, -0.1) is 0 Å². The van der Waals surface area contributed by atoms with E-state index in [1.807, 2.05) is 0 Å². The second-order valence-electron chi connectivity index (χ2n) is 7.63. The highest BCUT2D eigenvalue weighted by Gasteiger charge is 2.58. The number of likely N-dealkylation sites (tertiary alicyclic amines) is 1. The van der Waals surface area contributed by atoms with Crippen LogP contribution in [-0.4, -0.2) is 30.8 Å². The first kappa shape index (κ1) is 14.8. The Bertz CT molecular complexity index is 564. The summed E-state index contributed by atoms with van der Waals surface area (Å²) in [5.74, 6) is 0.545. The first-order valence-corrected chi connectivity index (χ1v) is 8.22. The van der Waals surface area contributed by atoms with Gasteiger partial charge in [-0.25, -0.2) is 0 Å². The lowest BCUT2D eigenvalue weighted by Crippen LogP contribution is -2.62. The molecule has 1 aliphatic heterocycles. The summed E-state index contributed by atoms with van der Waals surface area (Å²) >= 11 is 0. The molecule has 3 rings (SSSR count). The SMILES string of the molecule is CC(C)C(=O)[C@@]12CCN(C)C[C@]1(C)CCc1ccccc12.